The molecule has 1 aromatic rings. The summed E-state index contributed by atoms with van der Waals surface area (Å²) in [4.78, 5) is 0. The van der Waals surface area contributed by atoms with Crippen molar-refractivity contribution < 1.29 is 9.47 Å². The number of hydrogen-bond donors (Lipinski definition) is 0. The zero-order valence-electron chi connectivity index (χ0n) is 9.47. The fourth-order valence-corrected chi connectivity index (χ4v) is 1.70. The van der Waals surface area contributed by atoms with Crippen molar-refractivity contribution in [3.8, 4) is 5.75 Å². The van der Waals surface area contributed by atoms with Gasteiger partial charge in [0.05, 0.1) is 0 Å². The summed E-state index contributed by atoms with van der Waals surface area (Å²) in [6, 6.07) is 4.17. The van der Waals surface area contributed by atoms with Gasteiger partial charge in [0.15, 0.2) is 6.79 Å². The van der Waals surface area contributed by atoms with Crippen LogP contribution in [0.25, 0.3) is 0 Å². The number of methoxy groups -OCH3 is 1. The zero-order valence-corrected chi connectivity index (χ0v) is 10.2. The number of benzene rings is 1. The number of ether oxygens (including phenoxy) is 2. The highest BCUT2D eigenvalue weighted by molar-refractivity contribution is 6.18. The predicted octanol–water partition coefficient (Wildman–Crippen LogP) is 3.07. The molecule has 0 N–H and O–H groups in total. The van der Waals surface area contributed by atoms with E-state index in [2.05, 4.69) is 13.0 Å². The first-order chi connectivity index (χ1) is 7.19. The maximum atomic E-state index is 5.73. The highest BCUT2D eigenvalue weighted by Gasteiger charge is 2.05. The number of rotatable bonds is 5. The lowest BCUT2D eigenvalue weighted by Crippen LogP contribution is -2.02. The van der Waals surface area contributed by atoms with E-state index < -0.39 is 0 Å². The van der Waals surface area contributed by atoms with Crippen LogP contribution in [0, 0.1) is 13.8 Å². The van der Waals surface area contributed by atoms with Crippen LogP contribution < -0.4 is 4.74 Å². The molecule has 0 unspecified atom stereocenters. The molecule has 1 rings (SSSR count). The van der Waals surface area contributed by atoms with Crippen LogP contribution in [0.4, 0.5) is 0 Å². The van der Waals surface area contributed by atoms with Crippen molar-refractivity contribution in [1.29, 1.82) is 0 Å². The third-order valence-corrected chi connectivity index (χ3v) is 2.52. The minimum Gasteiger partial charge on any atom is -0.467 e. The number of hydrogen-bond acceptors (Lipinski definition) is 2. The van der Waals surface area contributed by atoms with Gasteiger partial charge in [-0.3, -0.25) is 0 Å². The highest BCUT2D eigenvalue weighted by Crippen LogP contribution is 2.23. The molecule has 0 aliphatic heterocycles. The van der Waals surface area contributed by atoms with E-state index in [-0.39, 0.29) is 6.79 Å². The second-order valence-corrected chi connectivity index (χ2v) is 3.91. The van der Waals surface area contributed by atoms with Crippen LogP contribution in [-0.2, 0) is 11.2 Å². The molecule has 0 amide bonds. The maximum absolute atomic E-state index is 5.73. The van der Waals surface area contributed by atoms with Gasteiger partial charge in [0.25, 0.3) is 0 Å². The average Bonchev–Trinajstić information content (AvgIpc) is 2.21. The lowest BCUT2D eigenvalue weighted by atomic mass is 10.0. The van der Waals surface area contributed by atoms with E-state index in [4.69, 9.17) is 21.1 Å². The molecular formula is C12H17ClO2. The molecule has 1 aromatic carbocycles. The fourth-order valence-electron chi connectivity index (χ4n) is 1.50. The van der Waals surface area contributed by atoms with E-state index in [0.29, 0.717) is 5.88 Å². The minimum absolute atomic E-state index is 0.287. The molecule has 84 valence electrons. The Labute approximate surface area is 96.2 Å². The van der Waals surface area contributed by atoms with E-state index in [1.165, 1.54) is 11.1 Å². The van der Waals surface area contributed by atoms with Gasteiger partial charge in [-0.15, -0.1) is 11.6 Å². The summed E-state index contributed by atoms with van der Waals surface area (Å²) in [7, 11) is 1.62. The van der Waals surface area contributed by atoms with Gasteiger partial charge in [0, 0.05) is 13.0 Å². The van der Waals surface area contributed by atoms with Crippen molar-refractivity contribution in [2.75, 3.05) is 19.8 Å². The topological polar surface area (TPSA) is 18.5 Å². The molecule has 0 aliphatic carbocycles. The lowest BCUT2D eigenvalue weighted by Gasteiger charge is -2.12. The normalized spacial score (nSPS) is 10.4. The van der Waals surface area contributed by atoms with Crippen molar-refractivity contribution in [3.63, 3.8) is 0 Å². The maximum Gasteiger partial charge on any atom is 0.188 e. The number of aryl methyl sites for hydroxylation is 3. The number of halogens is 1. The number of alkyl halides is 1. The van der Waals surface area contributed by atoms with Gasteiger partial charge in [0.1, 0.15) is 5.75 Å². The van der Waals surface area contributed by atoms with Crippen LogP contribution >= 0.6 is 11.6 Å². The van der Waals surface area contributed by atoms with E-state index in [9.17, 15) is 0 Å². The van der Waals surface area contributed by atoms with E-state index >= 15 is 0 Å². The van der Waals surface area contributed by atoms with Gasteiger partial charge in [-0.1, -0.05) is 6.07 Å². The molecular weight excluding hydrogens is 212 g/mol. The summed E-state index contributed by atoms with van der Waals surface area (Å²) in [6.07, 6.45) is 0.902. The lowest BCUT2D eigenvalue weighted by molar-refractivity contribution is 0.0506. The van der Waals surface area contributed by atoms with Crippen molar-refractivity contribution in [2.24, 2.45) is 0 Å². The summed E-state index contributed by atoms with van der Waals surface area (Å²) in [5, 5.41) is 0. The zero-order chi connectivity index (χ0) is 11.3. The van der Waals surface area contributed by atoms with Crippen LogP contribution in [0.5, 0.6) is 5.75 Å². The quantitative estimate of drug-likeness (QED) is 0.570. The van der Waals surface area contributed by atoms with Crippen molar-refractivity contribution in [1.82, 2.24) is 0 Å². The Morgan fingerprint density at radius 1 is 1.20 bits per heavy atom. The average molecular weight is 229 g/mol. The molecule has 0 atom stereocenters. The van der Waals surface area contributed by atoms with Crippen LogP contribution in [0.2, 0.25) is 0 Å². The van der Waals surface area contributed by atoms with Gasteiger partial charge in [0.2, 0.25) is 0 Å². The van der Waals surface area contributed by atoms with Crippen molar-refractivity contribution >= 4 is 11.6 Å². The molecule has 3 heteroatoms. The SMILES string of the molecule is COCOc1cc(C)c(CCCl)cc1C. The first-order valence-corrected chi connectivity index (χ1v) is 5.50. The van der Waals surface area contributed by atoms with Crippen molar-refractivity contribution in [2.45, 2.75) is 20.3 Å². The van der Waals surface area contributed by atoms with Crippen LogP contribution in [0.1, 0.15) is 16.7 Å². The molecule has 0 fully saturated rings. The van der Waals surface area contributed by atoms with Gasteiger partial charge in [-0.25, -0.2) is 0 Å². The summed E-state index contributed by atoms with van der Waals surface area (Å²) < 4.78 is 10.3. The molecule has 0 aliphatic rings. The smallest absolute Gasteiger partial charge is 0.188 e. The molecule has 0 aromatic heterocycles. The molecule has 0 bridgehead atoms. The molecule has 2 nitrogen and oxygen atoms in total. The monoisotopic (exact) mass is 228 g/mol. The van der Waals surface area contributed by atoms with E-state index in [1.54, 1.807) is 7.11 Å². The fraction of sp³-hybridized carbons (Fsp3) is 0.500. The Morgan fingerprint density at radius 2 is 1.93 bits per heavy atom. The Morgan fingerprint density at radius 3 is 2.53 bits per heavy atom. The largest absolute Gasteiger partial charge is 0.467 e. The molecule has 15 heavy (non-hydrogen) atoms. The standard InChI is InChI=1S/C12H17ClO2/c1-9-7-12(15-8-14-3)10(2)6-11(9)4-5-13/h6-7H,4-5,8H2,1-3H3. The highest BCUT2D eigenvalue weighted by atomic mass is 35.5. The molecule has 0 saturated carbocycles. The Balaban J connectivity index is 2.87. The molecule has 0 heterocycles. The third-order valence-electron chi connectivity index (χ3n) is 2.33. The predicted molar refractivity (Wildman–Crippen MR) is 62.8 cm³/mol. The summed E-state index contributed by atoms with van der Waals surface area (Å²) >= 11 is 5.73. The first kappa shape index (κ1) is 12.3. The molecule has 0 radical (unpaired) electrons. The van der Waals surface area contributed by atoms with E-state index in [0.717, 1.165) is 17.7 Å². The second kappa shape index (κ2) is 5.99. The van der Waals surface area contributed by atoms with Crippen molar-refractivity contribution in [3.05, 3.63) is 28.8 Å². The molecule has 0 saturated heterocycles. The minimum atomic E-state index is 0.287. The van der Waals surface area contributed by atoms with Crippen LogP contribution in [0.3, 0.4) is 0 Å². The second-order valence-electron chi connectivity index (χ2n) is 3.53. The summed E-state index contributed by atoms with van der Waals surface area (Å²) in [6.45, 7) is 4.39. The third kappa shape index (κ3) is 3.40. The van der Waals surface area contributed by atoms with Gasteiger partial charge in [-0.05, 0) is 43.0 Å². The van der Waals surface area contributed by atoms with E-state index in [1.807, 2.05) is 13.0 Å². The van der Waals surface area contributed by atoms with Crippen LogP contribution in [-0.4, -0.2) is 19.8 Å². The summed E-state index contributed by atoms with van der Waals surface area (Å²) in [5.41, 5.74) is 3.62. The van der Waals surface area contributed by atoms with Gasteiger partial charge in [-0.2, -0.15) is 0 Å². The van der Waals surface area contributed by atoms with Gasteiger partial charge < -0.3 is 9.47 Å². The summed E-state index contributed by atoms with van der Waals surface area (Å²) in [5.74, 6) is 1.53. The Kier molecular flexibility index (Phi) is 4.92. The molecule has 0 spiro atoms. The first-order valence-electron chi connectivity index (χ1n) is 4.97. The Bertz CT molecular complexity index is 324. The van der Waals surface area contributed by atoms with Crippen LogP contribution in [0.15, 0.2) is 12.1 Å². The Hall–Kier alpha value is -0.730. The van der Waals surface area contributed by atoms with Gasteiger partial charge >= 0.3 is 0 Å².